The highest BCUT2D eigenvalue weighted by Gasteiger charge is 2.45. The summed E-state index contributed by atoms with van der Waals surface area (Å²) in [5.41, 5.74) is 8.03. The van der Waals surface area contributed by atoms with E-state index in [1.54, 1.807) is 11.8 Å². The fourth-order valence-corrected chi connectivity index (χ4v) is 1.83. The minimum Gasteiger partial charge on any atom is -0.481 e. The van der Waals surface area contributed by atoms with Crippen LogP contribution in [0.4, 0.5) is 0 Å². The molecule has 1 aromatic rings. The van der Waals surface area contributed by atoms with Crippen molar-refractivity contribution >= 4 is 0 Å². The summed E-state index contributed by atoms with van der Waals surface area (Å²) >= 11 is 0. The quantitative estimate of drug-likeness (QED) is 0.730. The van der Waals surface area contributed by atoms with Gasteiger partial charge < -0.3 is 10.5 Å². The van der Waals surface area contributed by atoms with E-state index in [1.807, 2.05) is 14.0 Å². The summed E-state index contributed by atoms with van der Waals surface area (Å²) in [5.74, 6) is 0.803. The fourth-order valence-electron chi connectivity index (χ4n) is 1.83. The first-order chi connectivity index (χ1) is 6.08. The molecule has 4 nitrogen and oxygen atoms in total. The highest BCUT2D eigenvalue weighted by molar-refractivity contribution is 5.41. The Labute approximate surface area is 77.7 Å². The summed E-state index contributed by atoms with van der Waals surface area (Å²) in [7, 11) is 3.53. The number of aryl methyl sites for hydroxylation is 2. The lowest BCUT2D eigenvalue weighted by Gasteiger charge is -2.10. The molecule has 0 unspecified atom stereocenters. The number of methoxy groups -OCH3 is 1. The average molecular weight is 181 g/mol. The zero-order valence-electron chi connectivity index (χ0n) is 8.29. The molecule has 0 radical (unpaired) electrons. The van der Waals surface area contributed by atoms with E-state index >= 15 is 0 Å². The van der Waals surface area contributed by atoms with Crippen molar-refractivity contribution in [1.82, 2.24) is 9.78 Å². The van der Waals surface area contributed by atoms with Crippen molar-refractivity contribution in [2.24, 2.45) is 12.8 Å². The number of hydrogen-bond acceptors (Lipinski definition) is 3. The Balaban J connectivity index is 2.54. The molecule has 1 aliphatic carbocycles. The second-order valence-electron chi connectivity index (χ2n) is 3.75. The molecule has 72 valence electrons. The third-order valence-corrected chi connectivity index (χ3v) is 2.65. The summed E-state index contributed by atoms with van der Waals surface area (Å²) in [4.78, 5) is 0. The van der Waals surface area contributed by atoms with Crippen molar-refractivity contribution in [3.63, 3.8) is 0 Å². The first kappa shape index (κ1) is 8.56. The Morgan fingerprint density at radius 3 is 2.62 bits per heavy atom. The fraction of sp³-hybridized carbons (Fsp3) is 0.667. The van der Waals surface area contributed by atoms with Crippen LogP contribution in [0, 0.1) is 6.92 Å². The van der Waals surface area contributed by atoms with E-state index in [4.69, 9.17) is 10.5 Å². The van der Waals surface area contributed by atoms with Gasteiger partial charge in [-0.15, -0.1) is 0 Å². The number of rotatable bonds is 2. The van der Waals surface area contributed by atoms with E-state index < -0.39 is 0 Å². The molecule has 13 heavy (non-hydrogen) atoms. The van der Waals surface area contributed by atoms with Gasteiger partial charge in [-0.2, -0.15) is 5.10 Å². The maximum absolute atomic E-state index is 6.13. The van der Waals surface area contributed by atoms with Crippen molar-refractivity contribution < 1.29 is 4.74 Å². The lowest BCUT2D eigenvalue weighted by Crippen LogP contribution is -2.20. The normalized spacial score (nSPS) is 18.8. The first-order valence-electron chi connectivity index (χ1n) is 4.45. The van der Waals surface area contributed by atoms with Gasteiger partial charge in [0.1, 0.15) is 0 Å². The number of aromatic nitrogens is 2. The molecule has 1 aromatic heterocycles. The largest absolute Gasteiger partial charge is 0.481 e. The second-order valence-corrected chi connectivity index (χ2v) is 3.75. The van der Waals surface area contributed by atoms with Crippen molar-refractivity contribution in [2.45, 2.75) is 25.3 Å². The summed E-state index contributed by atoms with van der Waals surface area (Å²) in [6.07, 6.45) is 2.08. The van der Waals surface area contributed by atoms with E-state index in [0.717, 1.165) is 30.0 Å². The van der Waals surface area contributed by atoms with Crippen LogP contribution in [0.25, 0.3) is 0 Å². The van der Waals surface area contributed by atoms with Gasteiger partial charge in [-0.3, -0.25) is 0 Å². The molecular weight excluding hydrogens is 166 g/mol. The topological polar surface area (TPSA) is 53.1 Å². The minimum absolute atomic E-state index is 0.163. The first-order valence-corrected chi connectivity index (χ1v) is 4.45. The lowest BCUT2D eigenvalue weighted by atomic mass is 10.1. The highest BCUT2D eigenvalue weighted by Crippen LogP contribution is 2.47. The summed E-state index contributed by atoms with van der Waals surface area (Å²) in [6, 6.07) is 0. The third kappa shape index (κ3) is 1.13. The van der Waals surface area contributed by atoms with Gasteiger partial charge in [-0.25, -0.2) is 4.68 Å². The van der Waals surface area contributed by atoms with Crippen LogP contribution in [-0.4, -0.2) is 16.9 Å². The summed E-state index contributed by atoms with van der Waals surface area (Å²) < 4.78 is 7.03. The minimum atomic E-state index is -0.163. The van der Waals surface area contributed by atoms with Crippen LogP contribution < -0.4 is 10.5 Å². The van der Waals surface area contributed by atoms with Crippen molar-refractivity contribution in [3.05, 3.63) is 11.3 Å². The molecular formula is C9H15N3O. The van der Waals surface area contributed by atoms with Crippen LogP contribution in [-0.2, 0) is 12.6 Å². The Morgan fingerprint density at radius 2 is 2.15 bits per heavy atom. The lowest BCUT2D eigenvalue weighted by molar-refractivity contribution is 0.365. The SMILES string of the molecule is COc1c(C2(N)CC2)c(C)nn1C. The highest BCUT2D eigenvalue weighted by atomic mass is 16.5. The Kier molecular flexibility index (Phi) is 1.63. The number of nitrogens with two attached hydrogens (primary N) is 1. The van der Waals surface area contributed by atoms with Gasteiger partial charge in [-0.05, 0) is 19.8 Å². The molecule has 0 amide bonds. The number of ether oxygens (including phenoxy) is 1. The van der Waals surface area contributed by atoms with E-state index in [0.29, 0.717) is 0 Å². The molecule has 0 bridgehead atoms. The number of hydrogen-bond donors (Lipinski definition) is 1. The molecule has 1 aliphatic rings. The van der Waals surface area contributed by atoms with Gasteiger partial charge in [0.05, 0.1) is 18.4 Å². The van der Waals surface area contributed by atoms with E-state index in [2.05, 4.69) is 5.10 Å². The smallest absolute Gasteiger partial charge is 0.216 e. The number of nitrogens with zero attached hydrogens (tertiary/aromatic N) is 2. The van der Waals surface area contributed by atoms with Crippen LogP contribution >= 0.6 is 0 Å². The van der Waals surface area contributed by atoms with Gasteiger partial charge >= 0.3 is 0 Å². The average Bonchev–Trinajstić information content (AvgIpc) is 2.71. The maximum Gasteiger partial charge on any atom is 0.216 e. The zero-order valence-corrected chi connectivity index (χ0v) is 8.29. The van der Waals surface area contributed by atoms with E-state index in [9.17, 15) is 0 Å². The van der Waals surface area contributed by atoms with Crippen LogP contribution in [0.3, 0.4) is 0 Å². The molecule has 1 saturated carbocycles. The van der Waals surface area contributed by atoms with Crippen LogP contribution in [0.15, 0.2) is 0 Å². The zero-order chi connectivity index (χ0) is 9.64. The van der Waals surface area contributed by atoms with Gasteiger partial charge in [0, 0.05) is 12.6 Å². The second kappa shape index (κ2) is 2.48. The monoisotopic (exact) mass is 181 g/mol. The standard InChI is InChI=1S/C9H15N3O/c1-6-7(9(10)4-5-9)8(13-3)12(2)11-6/h4-5,10H2,1-3H3. The van der Waals surface area contributed by atoms with Gasteiger partial charge in [0.15, 0.2) is 0 Å². The maximum atomic E-state index is 6.13. The molecule has 1 fully saturated rings. The molecule has 1 heterocycles. The molecule has 0 aliphatic heterocycles. The summed E-state index contributed by atoms with van der Waals surface area (Å²) in [5, 5.41) is 4.30. The Bertz CT molecular complexity index is 339. The van der Waals surface area contributed by atoms with Gasteiger partial charge in [0.25, 0.3) is 0 Å². The molecule has 2 N–H and O–H groups in total. The third-order valence-electron chi connectivity index (χ3n) is 2.65. The molecule has 4 heteroatoms. The van der Waals surface area contributed by atoms with Gasteiger partial charge in [0.2, 0.25) is 5.88 Å². The van der Waals surface area contributed by atoms with E-state index in [1.165, 1.54) is 0 Å². The van der Waals surface area contributed by atoms with E-state index in [-0.39, 0.29) is 5.54 Å². The molecule has 0 saturated heterocycles. The summed E-state index contributed by atoms with van der Waals surface area (Å²) in [6.45, 7) is 1.98. The predicted molar refractivity (Wildman–Crippen MR) is 49.6 cm³/mol. The Morgan fingerprint density at radius 1 is 1.54 bits per heavy atom. The Hall–Kier alpha value is -1.03. The molecule has 0 atom stereocenters. The molecule has 0 aromatic carbocycles. The van der Waals surface area contributed by atoms with Crippen LogP contribution in [0.5, 0.6) is 5.88 Å². The van der Waals surface area contributed by atoms with Crippen LogP contribution in [0.2, 0.25) is 0 Å². The van der Waals surface area contributed by atoms with Gasteiger partial charge in [-0.1, -0.05) is 0 Å². The van der Waals surface area contributed by atoms with Crippen molar-refractivity contribution in [2.75, 3.05) is 7.11 Å². The molecule has 2 rings (SSSR count). The van der Waals surface area contributed by atoms with Crippen molar-refractivity contribution in [1.29, 1.82) is 0 Å². The van der Waals surface area contributed by atoms with Crippen LogP contribution in [0.1, 0.15) is 24.1 Å². The predicted octanol–water partition coefficient (Wildman–Crippen LogP) is 0.685. The van der Waals surface area contributed by atoms with Crippen molar-refractivity contribution in [3.8, 4) is 5.88 Å². The molecule has 0 spiro atoms.